The van der Waals surface area contributed by atoms with Crippen molar-refractivity contribution in [3.8, 4) is 0 Å². The molecule has 0 aromatic rings. The maximum Gasteiger partial charge on any atom is 0.223 e. The third-order valence-electron chi connectivity index (χ3n) is 8.79. The zero-order valence-corrected chi connectivity index (χ0v) is 28.6. The molecular weight excluding hydrogens is 498 g/mol. The number of rotatable bonds is 34. The van der Waals surface area contributed by atoms with Crippen molar-refractivity contribution in [1.82, 2.24) is 5.32 Å². The van der Waals surface area contributed by atoms with Gasteiger partial charge >= 0.3 is 0 Å². The first-order valence-corrected chi connectivity index (χ1v) is 19.0. The van der Waals surface area contributed by atoms with E-state index in [1.54, 1.807) is 0 Å². The summed E-state index contributed by atoms with van der Waals surface area (Å²) >= 11 is 0. The highest BCUT2D eigenvalue weighted by molar-refractivity contribution is 5.79. The van der Waals surface area contributed by atoms with Gasteiger partial charge in [-0.05, 0) is 44.9 Å². The fourth-order valence-corrected chi connectivity index (χ4v) is 5.95. The lowest BCUT2D eigenvalue weighted by atomic mass is 9.93. The first-order chi connectivity index (χ1) is 20.3. The molecule has 2 nitrogen and oxygen atoms in total. The highest BCUT2D eigenvalue weighted by Gasteiger charge is 2.17. The summed E-state index contributed by atoms with van der Waals surface area (Å²) < 4.78 is 0. The molecule has 1 radical (unpaired) electrons. The molecule has 2 heteroatoms. The maximum atomic E-state index is 12.7. The van der Waals surface area contributed by atoms with E-state index < -0.39 is 0 Å². The Balaban J connectivity index is 3.73. The fourth-order valence-electron chi connectivity index (χ4n) is 5.95. The second-order valence-electron chi connectivity index (χ2n) is 12.9. The molecule has 0 bridgehead atoms. The summed E-state index contributed by atoms with van der Waals surface area (Å²) in [4.78, 5) is 12.7. The van der Waals surface area contributed by atoms with Crippen molar-refractivity contribution in [1.29, 1.82) is 0 Å². The molecular formula is C39H76NO. The molecule has 243 valence electrons. The quantitative estimate of drug-likeness (QED) is 0.0601. The Bertz CT molecular complexity index is 528. The largest absolute Gasteiger partial charge is 0.351 e. The van der Waals surface area contributed by atoms with Crippen LogP contribution in [0.15, 0.2) is 12.2 Å². The molecule has 0 aromatic heterocycles. The summed E-state index contributed by atoms with van der Waals surface area (Å²) in [6.07, 6.45) is 46.1. The Hall–Kier alpha value is -0.790. The minimum atomic E-state index is 0.215. The topological polar surface area (TPSA) is 29.1 Å². The number of carbonyl (C=O) groups excluding carboxylic acids is 1. The highest BCUT2D eigenvalue weighted by Crippen LogP contribution is 2.20. The van der Waals surface area contributed by atoms with E-state index >= 15 is 0 Å². The van der Waals surface area contributed by atoms with Gasteiger partial charge in [-0.1, -0.05) is 187 Å². The van der Waals surface area contributed by atoms with Gasteiger partial charge in [-0.3, -0.25) is 4.79 Å². The highest BCUT2D eigenvalue weighted by atomic mass is 16.1. The number of carbonyl (C=O) groups is 1. The summed E-state index contributed by atoms with van der Waals surface area (Å²) in [5.74, 6) is 0.487. The normalized spacial score (nSPS) is 12.4. The van der Waals surface area contributed by atoms with Gasteiger partial charge in [-0.15, -0.1) is 0 Å². The molecule has 0 aliphatic heterocycles. The molecule has 1 N–H and O–H groups in total. The monoisotopic (exact) mass is 575 g/mol. The van der Waals surface area contributed by atoms with Gasteiger partial charge in [0.2, 0.25) is 5.91 Å². The Morgan fingerprint density at radius 1 is 0.463 bits per heavy atom. The summed E-state index contributed by atoms with van der Waals surface area (Å²) in [6.45, 7) is 8.61. The van der Waals surface area contributed by atoms with Gasteiger partial charge in [0.15, 0.2) is 0 Å². The smallest absolute Gasteiger partial charge is 0.223 e. The van der Waals surface area contributed by atoms with E-state index in [4.69, 9.17) is 0 Å². The molecule has 41 heavy (non-hydrogen) atoms. The van der Waals surface area contributed by atoms with Crippen LogP contribution in [-0.4, -0.2) is 5.91 Å². The summed E-state index contributed by atoms with van der Waals surface area (Å²) in [7, 11) is 0. The lowest BCUT2D eigenvalue weighted by molar-refractivity contribution is -0.124. The molecule has 0 aliphatic carbocycles. The van der Waals surface area contributed by atoms with Crippen molar-refractivity contribution in [2.24, 2.45) is 5.92 Å². The van der Waals surface area contributed by atoms with Crippen molar-refractivity contribution in [3.63, 3.8) is 0 Å². The van der Waals surface area contributed by atoms with Gasteiger partial charge in [0.05, 0.1) is 0 Å². The minimum absolute atomic E-state index is 0.215. The Morgan fingerprint density at radius 2 is 0.780 bits per heavy atom. The number of amides is 1. The third kappa shape index (κ3) is 32.0. The van der Waals surface area contributed by atoms with Crippen LogP contribution in [0.5, 0.6) is 0 Å². The van der Waals surface area contributed by atoms with Crippen LogP contribution < -0.4 is 5.32 Å². The molecule has 0 heterocycles. The van der Waals surface area contributed by atoms with E-state index in [1.165, 1.54) is 180 Å². The summed E-state index contributed by atoms with van der Waals surface area (Å²) in [5.41, 5.74) is 0. The minimum Gasteiger partial charge on any atom is -0.351 e. The number of nitrogens with one attached hydrogen (secondary N) is 1. The van der Waals surface area contributed by atoms with Crippen LogP contribution >= 0.6 is 0 Å². The molecule has 1 unspecified atom stereocenters. The van der Waals surface area contributed by atoms with Crippen LogP contribution in [0.4, 0.5) is 0 Å². The van der Waals surface area contributed by atoms with Gasteiger partial charge < -0.3 is 5.32 Å². The van der Waals surface area contributed by atoms with Gasteiger partial charge in [-0.2, -0.15) is 0 Å². The van der Waals surface area contributed by atoms with Crippen LogP contribution in [0.25, 0.3) is 0 Å². The molecule has 0 spiro atoms. The molecule has 1 amide bonds. The average molecular weight is 575 g/mol. The van der Waals surface area contributed by atoms with Crippen molar-refractivity contribution in [2.45, 2.75) is 220 Å². The van der Waals surface area contributed by atoms with Crippen LogP contribution in [0.3, 0.4) is 0 Å². The zero-order valence-electron chi connectivity index (χ0n) is 28.6. The molecule has 1 atom stereocenters. The summed E-state index contributed by atoms with van der Waals surface area (Å²) in [6, 6.07) is 0. The standard InChI is InChI=1S/C39H76NO/c1-4-7-9-11-13-15-17-19-21-22-24-26-28-30-32-34-36-38(39(41)40-37-6-3)35-33-31-29-27-25-23-20-18-16-14-12-10-8-5-2/h19,21,37-38H,4-18,20,22-36H2,1-3H3,(H,40,41)/b21-19-. The first kappa shape index (κ1) is 40.2. The second-order valence-corrected chi connectivity index (χ2v) is 12.9. The number of hydrogen-bond donors (Lipinski definition) is 1. The molecule has 0 aromatic carbocycles. The molecule has 0 rings (SSSR count). The first-order valence-electron chi connectivity index (χ1n) is 19.0. The fraction of sp³-hybridized carbons (Fsp3) is 0.897. The van der Waals surface area contributed by atoms with E-state index in [9.17, 15) is 4.79 Å². The van der Waals surface area contributed by atoms with Crippen molar-refractivity contribution < 1.29 is 4.79 Å². The lowest BCUT2D eigenvalue weighted by Gasteiger charge is -2.16. The SMILES string of the molecule is CC[CH]NC(=O)C(CCCCCCCC/C=C\CCCCCCCC)CCCCCCCCCCCCCCCC. The van der Waals surface area contributed by atoms with Gasteiger partial charge in [0.25, 0.3) is 0 Å². The van der Waals surface area contributed by atoms with Gasteiger partial charge in [0, 0.05) is 12.5 Å². The van der Waals surface area contributed by atoms with E-state index in [2.05, 4.69) is 38.2 Å². The Morgan fingerprint density at radius 3 is 1.12 bits per heavy atom. The lowest BCUT2D eigenvalue weighted by Crippen LogP contribution is -2.28. The zero-order chi connectivity index (χ0) is 29.9. The van der Waals surface area contributed by atoms with E-state index in [-0.39, 0.29) is 11.8 Å². The molecule has 0 aliphatic rings. The average Bonchev–Trinajstić information content (AvgIpc) is 2.98. The van der Waals surface area contributed by atoms with Crippen LogP contribution in [0.2, 0.25) is 0 Å². The van der Waals surface area contributed by atoms with Crippen LogP contribution in [0, 0.1) is 12.5 Å². The van der Waals surface area contributed by atoms with Gasteiger partial charge in [0.1, 0.15) is 0 Å². The second kappa shape index (κ2) is 35.4. The van der Waals surface area contributed by atoms with Crippen LogP contribution in [-0.2, 0) is 4.79 Å². The molecule has 0 saturated carbocycles. The maximum absolute atomic E-state index is 12.7. The van der Waals surface area contributed by atoms with E-state index in [0.717, 1.165) is 19.3 Å². The van der Waals surface area contributed by atoms with Crippen LogP contribution in [0.1, 0.15) is 220 Å². The molecule has 0 fully saturated rings. The van der Waals surface area contributed by atoms with E-state index in [1.807, 2.05) is 6.54 Å². The Labute approximate surface area is 260 Å². The number of unbranched alkanes of at least 4 members (excludes halogenated alkanes) is 25. The Kier molecular flexibility index (Phi) is 34.7. The number of allylic oxidation sites excluding steroid dienone is 2. The van der Waals surface area contributed by atoms with Crippen molar-refractivity contribution >= 4 is 5.91 Å². The third-order valence-corrected chi connectivity index (χ3v) is 8.79. The van der Waals surface area contributed by atoms with Crippen molar-refractivity contribution in [2.75, 3.05) is 0 Å². The van der Waals surface area contributed by atoms with E-state index in [0.29, 0.717) is 0 Å². The predicted octanol–water partition coefficient (Wildman–Crippen LogP) is 13.6. The predicted molar refractivity (Wildman–Crippen MR) is 185 cm³/mol. The number of hydrogen-bond acceptors (Lipinski definition) is 1. The summed E-state index contributed by atoms with van der Waals surface area (Å²) in [5, 5.41) is 3.07. The van der Waals surface area contributed by atoms with Crippen molar-refractivity contribution in [3.05, 3.63) is 18.7 Å². The van der Waals surface area contributed by atoms with Gasteiger partial charge in [-0.25, -0.2) is 0 Å². The molecule has 0 saturated heterocycles.